The largest absolute Gasteiger partial charge is 0.756 e. The summed E-state index contributed by atoms with van der Waals surface area (Å²) in [7, 11) is 1.31. The lowest BCUT2D eigenvalue weighted by Gasteiger charge is -2.30. The summed E-state index contributed by atoms with van der Waals surface area (Å²) >= 11 is 0. The second-order valence-electron chi connectivity index (χ2n) is 19.9. The molecule has 0 aliphatic carbocycles. The number of likely N-dealkylation sites (N-methyl/N-ethyl adjacent to an activating group) is 1. The molecule has 0 radical (unpaired) electrons. The maximum absolute atomic E-state index is 12.8. The van der Waals surface area contributed by atoms with Crippen LogP contribution in [0.15, 0.2) is 36.5 Å². The monoisotopic (exact) mass is 923 g/mol. The van der Waals surface area contributed by atoms with Gasteiger partial charge in [-0.05, 0) is 51.4 Å². The van der Waals surface area contributed by atoms with Crippen LogP contribution in [0.1, 0.15) is 258 Å². The van der Waals surface area contributed by atoms with Crippen LogP contribution in [0.2, 0.25) is 0 Å². The number of carbonyl (C=O) groups excluding carboxylic acids is 1. The third kappa shape index (κ3) is 48.6. The molecule has 0 aromatic carbocycles. The Hall–Kier alpha value is -1.28. The number of amides is 1. The van der Waals surface area contributed by atoms with E-state index in [4.69, 9.17) is 9.05 Å². The van der Waals surface area contributed by atoms with Gasteiger partial charge in [0.05, 0.1) is 39.9 Å². The zero-order valence-corrected chi connectivity index (χ0v) is 43.9. The van der Waals surface area contributed by atoms with Gasteiger partial charge < -0.3 is 28.8 Å². The van der Waals surface area contributed by atoms with E-state index in [0.29, 0.717) is 23.9 Å². The minimum absolute atomic E-state index is 0.0127. The molecule has 0 fully saturated rings. The smallest absolute Gasteiger partial charge is 0.268 e. The number of aliphatic hydroxyl groups is 1. The SMILES string of the molecule is CCCCCCC/C=C\C/C=C\C/C=C\CCCCCCCCCCCCCCCCCCCCCCCCC(=O)NC(COP(=O)([O-])OCC[N+](C)(C)C)C(O)CCCCCCC. The third-order valence-electron chi connectivity index (χ3n) is 12.4. The van der Waals surface area contributed by atoms with E-state index in [-0.39, 0.29) is 19.1 Å². The number of unbranched alkanes of at least 4 members (excludes halogenated alkanes) is 31. The van der Waals surface area contributed by atoms with Gasteiger partial charge in [-0.2, -0.15) is 0 Å². The van der Waals surface area contributed by atoms with Gasteiger partial charge in [-0.3, -0.25) is 9.36 Å². The number of hydrogen-bond acceptors (Lipinski definition) is 6. The van der Waals surface area contributed by atoms with Crippen molar-refractivity contribution in [1.29, 1.82) is 0 Å². The molecular formula is C55H107N2O6P. The van der Waals surface area contributed by atoms with Gasteiger partial charge >= 0.3 is 0 Å². The minimum atomic E-state index is -4.55. The van der Waals surface area contributed by atoms with Crippen LogP contribution in [0.4, 0.5) is 0 Å². The molecule has 0 heterocycles. The van der Waals surface area contributed by atoms with E-state index in [1.54, 1.807) is 0 Å². The normalized spacial score (nSPS) is 14.3. The van der Waals surface area contributed by atoms with E-state index in [2.05, 4.69) is 55.6 Å². The number of phosphoric ester groups is 1. The van der Waals surface area contributed by atoms with Crippen molar-refractivity contribution in [1.82, 2.24) is 5.32 Å². The van der Waals surface area contributed by atoms with Crippen LogP contribution < -0.4 is 10.2 Å². The lowest BCUT2D eigenvalue weighted by molar-refractivity contribution is -0.870. The molecule has 0 spiro atoms. The van der Waals surface area contributed by atoms with Crippen molar-refractivity contribution in [2.45, 2.75) is 270 Å². The zero-order chi connectivity index (χ0) is 47.1. The van der Waals surface area contributed by atoms with E-state index in [1.165, 1.54) is 167 Å². The summed E-state index contributed by atoms with van der Waals surface area (Å²) in [5, 5.41) is 13.7. The summed E-state index contributed by atoms with van der Waals surface area (Å²) < 4.78 is 23.1. The molecule has 378 valence electrons. The Bertz CT molecular complexity index is 1140. The fraction of sp³-hybridized carbons (Fsp3) is 0.873. The molecule has 3 unspecified atom stereocenters. The Morgan fingerprint density at radius 3 is 1.31 bits per heavy atom. The molecule has 0 bridgehead atoms. The number of allylic oxidation sites excluding steroid dienone is 6. The maximum atomic E-state index is 12.8. The molecule has 0 aromatic heterocycles. The van der Waals surface area contributed by atoms with E-state index in [1.807, 2.05) is 21.1 Å². The molecule has 3 atom stereocenters. The lowest BCUT2D eigenvalue weighted by Crippen LogP contribution is -2.46. The number of hydrogen-bond donors (Lipinski definition) is 2. The van der Waals surface area contributed by atoms with Crippen molar-refractivity contribution in [3.8, 4) is 0 Å². The van der Waals surface area contributed by atoms with Crippen molar-refractivity contribution in [3.63, 3.8) is 0 Å². The first-order valence-corrected chi connectivity index (χ1v) is 28.8. The molecule has 1 amide bonds. The molecule has 64 heavy (non-hydrogen) atoms. The second-order valence-corrected chi connectivity index (χ2v) is 21.4. The Balaban J connectivity index is 3.71. The van der Waals surface area contributed by atoms with Crippen LogP contribution >= 0.6 is 7.82 Å². The summed E-state index contributed by atoms with van der Waals surface area (Å²) in [5.41, 5.74) is 0. The van der Waals surface area contributed by atoms with Crippen molar-refractivity contribution in [3.05, 3.63) is 36.5 Å². The van der Waals surface area contributed by atoms with Crippen molar-refractivity contribution < 1.29 is 32.9 Å². The Morgan fingerprint density at radius 2 is 0.906 bits per heavy atom. The van der Waals surface area contributed by atoms with Gasteiger partial charge in [0.25, 0.3) is 7.82 Å². The third-order valence-corrected chi connectivity index (χ3v) is 13.3. The van der Waals surface area contributed by atoms with Gasteiger partial charge in [-0.1, -0.05) is 237 Å². The van der Waals surface area contributed by atoms with Gasteiger partial charge in [0.1, 0.15) is 13.2 Å². The number of carbonyl (C=O) groups is 1. The predicted octanol–water partition coefficient (Wildman–Crippen LogP) is 15.6. The Kier molecular flexibility index (Phi) is 45.9. The summed E-state index contributed by atoms with van der Waals surface area (Å²) in [6.45, 7) is 4.63. The van der Waals surface area contributed by atoms with Gasteiger partial charge in [0.15, 0.2) is 0 Å². The Labute approximate surface area is 397 Å². The summed E-state index contributed by atoms with van der Waals surface area (Å²) in [5.74, 6) is -0.169. The highest BCUT2D eigenvalue weighted by Gasteiger charge is 2.24. The fourth-order valence-corrected chi connectivity index (χ4v) is 8.77. The molecule has 0 aliphatic heterocycles. The number of rotatable bonds is 50. The summed E-state index contributed by atoms with van der Waals surface area (Å²) in [6, 6.07) is -0.794. The van der Waals surface area contributed by atoms with E-state index in [9.17, 15) is 19.4 Å². The van der Waals surface area contributed by atoms with E-state index < -0.39 is 20.0 Å². The van der Waals surface area contributed by atoms with Crippen LogP contribution in [0.5, 0.6) is 0 Å². The first kappa shape index (κ1) is 62.7. The van der Waals surface area contributed by atoms with E-state index in [0.717, 1.165) is 64.2 Å². The first-order chi connectivity index (χ1) is 31.0. The zero-order valence-electron chi connectivity index (χ0n) is 43.0. The first-order valence-electron chi connectivity index (χ1n) is 27.3. The highest BCUT2D eigenvalue weighted by atomic mass is 31.2. The van der Waals surface area contributed by atoms with Crippen LogP contribution in [0, 0.1) is 0 Å². The average molecular weight is 923 g/mol. The number of nitrogens with one attached hydrogen (secondary N) is 1. The highest BCUT2D eigenvalue weighted by molar-refractivity contribution is 7.45. The number of phosphoric acid groups is 1. The molecule has 0 aliphatic rings. The molecule has 9 heteroatoms. The molecular weight excluding hydrogens is 816 g/mol. The minimum Gasteiger partial charge on any atom is -0.756 e. The van der Waals surface area contributed by atoms with E-state index >= 15 is 0 Å². The highest BCUT2D eigenvalue weighted by Crippen LogP contribution is 2.38. The number of quaternary nitrogens is 1. The molecule has 8 nitrogen and oxygen atoms in total. The fourth-order valence-electron chi connectivity index (χ4n) is 8.05. The Morgan fingerprint density at radius 1 is 0.547 bits per heavy atom. The second kappa shape index (κ2) is 46.8. The average Bonchev–Trinajstić information content (AvgIpc) is 3.25. The molecule has 0 rings (SSSR count). The number of aliphatic hydroxyl groups excluding tert-OH is 1. The lowest BCUT2D eigenvalue weighted by atomic mass is 10.0. The van der Waals surface area contributed by atoms with Gasteiger partial charge in [-0.25, -0.2) is 0 Å². The maximum Gasteiger partial charge on any atom is 0.268 e. The molecule has 2 N–H and O–H groups in total. The van der Waals surface area contributed by atoms with Crippen LogP contribution in [0.25, 0.3) is 0 Å². The summed E-state index contributed by atoms with van der Waals surface area (Å²) in [4.78, 5) is 25.2. The topological polar surface area (TPSA) is 108 Å². The van der Waals surface area contributed by atoms with Crippen LogP contribution in [-0.4, -0.2) is 68.5 Å². The van der Waals surface area contributed by atoms with Crippen molar-refractivity contribution in [2.24, 2.45) is 0 Å². The van der Waals surface area contributed by atoms with Gasteiger partial charge in [0, 0.05) is 6.42 Å². The standard InChI is InChI=1S/C55H107N2O6P/c1-6-8-10-12-13-14-15-16-17-18-19-20-21-22-23-24-25-26-27-28-29-30-31-32-33-34-35-36-37-38-39-40-41-42-43-45-47-49-55(59)56-53(54(58)48-46-44-11-9-7-2)52-63-64(60,61)62-51-50-57(3,4)5/h15-16,18-19,21-22,53-54,58H,6-14,17,20,23-52H2,1-5H3,(H-,56,59,60,61)/b16-15-,19-18-,22-21-. The predicted molar refractivity (Wildman–Crippen MR) is 275 cm³/mol. The van der Waals surface area contributed by atoms with Crippen LogP contribution in [-0.2, 0) is 18.4 Å². The summed E-state index contributed by atoms with van der Waals surface area (Å²) in [6.07, 6.45) is 59.6. The quantitative estimate of drug-likeness (QED) is 0.0272. The number of nitrogens with zero attached hydrogens (tertiary/aromatic N) is 1. The van der Waals surface area contributed by atoms with Gasteiger partial charge in [-0.15, -0.1) is 0 Å². The van der Waals surface area contributed by atoms with Gasteiger partial charge in [0.2, 0.25) is 5.91 Å². The van der Waals surface area contributed by atoms with Crippen LogP contribution in [0.3, 0.4) is 0 Å². The molecule has 0 saturated carbocycles. The van der Waals surface area contributed by atoms with Crippen molar-refractivity contribution >= 4 is 13.7 Å². The molecule has 0 saturated heterocycles. The molecule has 0 aromatic rings. The van der Waals surface area contributed by atoms with Crippen molar-refractivity contribution in [2.75, 3.05) is 40.9 Å².